The minimum atomic E-state index is -0.0875. The van der Waals surface area contributed by atoms with Gasteiger partial charge in [0.25, 0.3) is 0 Å². The zero-order valence-electron chi connectivity index (χ0n) is 10.5. The molecule has 0 saturated carbocycles. The summed E-state index contributed by atoms with van der Waals surface area (Å²) in [6, 6.07) is 3.40. The molecule has 0 spiro atoms. The number of hydrogen-bond donors (Lipinski definition) is 0. The first-order valence-corrected chi connectivity index (χ1v) is 5.77. The Morgan fingerprint density at radius 3 is 2.74 bits per heavy atom. The highest BCUT2D eigenvalue weighted by molar-refractivity contribution is 5.93. The highest BCUT2D eigenvalue weighted by atomic mass is 16.1. The molecule has 6 nitrogen and oxygen atoms in total. The molecule has 19 heavy (non-hydrogen) atoms. The van der Waals surface area contributed by atoms with Gasteiger partial charge in [-0.2, -0.15) is 5.10 Å². The summed E-state index contributed by atoms with van der Waals surface area (Å²) in [6.07, 6.45) is 5.24. The third kappa shape index (κ3) is 2.08. The number of aromatic nitrogens is 5. The number of rotatable bonds is 2. The molecule has 0 N–H and O–H groups in total. The lowest BCUT2D eigenvalue weighted by molar-refractivity contribution is 0.101. The lowest BCUT2D eigenvalue weighted by Gasteiger charge is -2.01. The number of fused-ring (bicyclic) bond motifs is 1. The Balaban J connectivity index is 2.16. The van der Waals surface area contributed by atoms with Gasteiger partial charge in [-0.05, 0) is 12.1 Å². The monoisotopic (exact) mass is 253 g/mol. The summed E-state index contributed by atoms with van der Waals surface area (Å²) in [5, 5.41) is 4.09. The normalized spacial score (nSPS) is 10.8. The molecule has 0 amide bonds. The fraction of sp³-hybridized carbons (Fsp3) is 0.154. The summed E-state index contributed by atoms with van der Waals surface area (Å²) in [7, 11) is 1.84. The molecule has 0 bridgehead atoms. The van der Waals surface area contributed by atoms with Crippen LogP contribution in [0.4, 0.5) is 0 Å². The molecule has 0 aromatic carbocycles. The van der Waals surface area contributed by atoms with E-state index in [1.807, 2.05) is 13.2 Å². The number of carbonyl (C=O) groups excluding carboxylic acids is 1. The largest absolute Gasteiger partial charge is 0.293 e. The van der Waals surface area contributed by atoms with Crippen LogP contribution >= 0.6 is 0 Å². The molecule has 0 aliphatic heterocycles. The minimum absolute atomic E-state index is 0.0875. The highest BCUT2D eigenvalue weighted by Gasteiger charge is 2.08. The summed E-state index contributed by atoms with van der Waals surface area (Å²) < 4.78 is 1.70. The van der Waals surface area contributed by atoms with E-state index in [1.165, 1.54) is 6.92 Å². The average molecular weight is 253 g/mol. The van der Waals surface area contributed by atoms with Gasteiger partial charge in [0, 0.05) is 25.7 Å². The number of Topliss-reactive ketones (excluding diaryl/α,β-unsaturated/α-hetero) is 1. The number of ketones is 1. The molecule has 3 aromatic heterocycles. The van der Waals surface area contributed by atoms with Crippen molar-refractivity contribution >= 4 is 16.9 Å². The fourth-order valence-corrected chi connectivity index (χ4v) is 1.79. The molecule has 0 fully saturated rings. The zero-order chi connectivity index (χ0) is 13.4. The zero-order valence-corrected chi connectivity index (χ0v) is 10.5. The fourth-order valence-electron chi connectivity index (χ4n) is 1.79. The lowest BCUT2D eigenvalue weighted by Crippen LogP contribution is -1.99. The smallest absolute Gasteiger partial charge is 0.179 e. The lowest BCUT2D eigenvalue weighted by atomic mass is 10.2. The Morgan fingerprint density at radius 1 is 1.21 bits per heavy atom. The highest BCUT2D eigenvalue weighted by Crippen LogP contribution is 2.17. The van der Waals surface area contributed by atoms with E-state index in [0.29, 0.717) is 22.6 Å². The number of carbonyl (C=O) groups is 1. The van der Waals surface area contributed by atoms with Crippen molar-refractivity contribution in [1.29, 1.82) is 0 Å². The number of aryl methyl sites for hydroxylation is 1. The topological polar surface area (TPSA) is 73.6 Å². The van der Waals surface area contributed by atoms with Gasteiger partial charge in [-0.3, -0.25) is 14.5 Å². The first kappa shape index (κ1) is 11.5. The minimum Gasteiger partial charge on any atom is -0.293 e. The van der Waals surface area contributed by atoms with Crippen molar-refractivity contribution in [1.82, 2.24) is 24.7 Å². The van der Waals surface area contributed by atoms with Crippen LogP contribution in [0.5, 0.6) is 0 Å². The second-order valence-electron chi connectivity index (χ2n) is 4.25. The molecule has 0 unspecified atom stereocenters. The molecular weight excluding hydrogens is 242 g/mol. The Kier molecular flexibility index (Phi) is 2.56. The molecule has 3 heterocycles. The first-order chi connectivity index (χ1) is 9.13. The quantitative estimate of drug-likeness (QED) is 0.649. The van der Waals surface area contributed by atoms with Crippen LogP contribution in [0.1, 0.15) is 17.4 Å². The molecule has 3 rings (SSSR count). The summed E-state index contributed by atoms with van der Waals surface area (Å²) in [4.78, 5) is 24.3. The molecule has 0 aliphatic carbocycles. The second kappa shape index (κ2) is 4.24. The van der Waals surface area contributed by atoms with E-state index in [4.69, 9.17) is 0 Å². The van der Waals surface area contributed by atoms with Crippen LogP contribution in [0.15, 0.2) is 30.7 Å². The van der Waals surface area contributed by atoms with Crippen molar-refractivity contribution in [3.63, 3.8) is 0 Å². The van der Waals surface area contributed by atoms with Crippen molar-refractivity contribution < 1.29 is 4.79 Å². The molecular formula is C13H11N5O. The van der Waals surface area contributed by atoms with E-state index in [2.05, 4.69) is 20.1 Å². The summed E-state index contributed by atoms with van der Waals surface area (Å²) >= 11 is 0. The second-order valence-corrected chi connectivity index (χ2v) is 4.25. The van der Waals surface area contributed by atoms with Gasteiger partial charge in [0.1, 0.15) is 11.2 Å². The number of hydrogen-bond acceptors (Lipinski definition) is 5. The van der Waals surface area contributed by atoms with Gasteiger partial charge < -0.3 is 0 Å². The van der Waals surface area contributed by atoms with Crippen LogP contribution in [0.2, 0.25) is 0 Å². The van der Waals surface area contributed by atoms with E-state index in [9.17, 15) is 4.79 Å². The Bertz CT molecular complexity index is 778. The maximum Gasteiger partial charge on any atom is 0.179 e. The van der Waals surface area contributed by atoms with Crippen molar-refractivity contribution in [3.8, 4) is 11.3 Å². The maximum atomic E-state index is 11.3. The van der Waals surface area contributed by atoms with Crippen molar-refractivity contribution in [2.45, 2.75) is 6.92 Å². The van der Waals surface area contributed by atoms with E-state index < -0.39 is 0 Å². The van der Waals surface area contributed by atoms with Crippen LogP contribution in [0.3, 0.4) is 0 Å². The van der Waals surface area contributed by atoms with Crippen LogP contribution in [-0.2, 0) is 7.05 Å². The molecule has 3 aromatic rings. The van der Waals surface area contributed by atoms with E-state index in [0.717, 1.165) is 5.56 Å². The summed E-state index contributed by atoms with van der Waals surface area (Å²) in [5.41, 5.74) is 3.08. The van der Waals surface area contributed by atoms with Crippen molar-refractivity contribution in [2.75, 3.05) is 0 Å². The van der Waals surface area contributed by atoms with Gasteiger partial charge in [-0.15, -0.1) is 0 Å². The standard InChI is InChI=1S/C13H11N5O/c1-8(19)10-3-4-11-13(16-10)17-12(6-14-11)9-5-15-18(2)7-9/h3-7H,1-2H3. The van der Waals surface area contributed by atoms with Gasteiger partial charge in [-0.25, -0.2) is 9.97 Å². The van der Waals surface area contributed by atoms with Gasteiger partial charge >= 0.3 is 0 Å². The van der Waals surface area contributed by atoms with Gasteiger partial charge in [0.05, 0.1) is 18.1 Å². The maximum absolute atomic E-state index is 11.3. The summed E-state index contributed by atoms with van der Waals surface area (Å²) in [6.45, 7) is 1.48. The van der Waals surface area contributed by atoms with Crippen molar-refractivity contribution in [3.05, 3.63) is 36.4 Å². The van der Waals surface area contributed by atoms with Gasteiger partial charge in [-0.1, -0.05) is 0 Å². The van der Waals surface area contributed by atoms with Crippen LogP contribution in [-0.4, -0.2) is 30.5 Å². The number of nitrogens with zero attached hydrogens (tertiary/aromatic N) is 5. The van der Waals surface area contributed by atoms with Gasteiger partial charge in [0.15, 0.2) is 11.4 Å². The third-order valence-electron chi connectivity index (χ3n) is 2.77. The molecule has 6 heteroatoms. The van der Waals surface area contributed by atoms with Gasteiger partial charge in [0.2, 0.25) is 0 Å². The predicted molar refractivity (Wildman–Crippen MR) is 69.5 cm³/mol. The Hall–Kier alpha value is -2.63. The molecule has 0 aliphatic rings. The van der Waals surface area contributed by atoms with E-state index >= 15 is 0 Å². The van der Waals surface area contributed by atoms with Crippen molar-refractivity contribution in [2.24, 2.45) is 7.05 Å². The average Bonchev–Trinajstić information content (AvgIpc) is 2.84. The first-order valence-electron chi connectivity index (χ1n) is 5.77. The number of pyridine rings is 1. The molecule has 94 valence electrons. The van der Waals surface area contributed by atoms with Crippen LogP contribution < -0.4 is 0 Å². The van der Waals surface area contributed by atoms with Crippen LogP contribution in [0, 0.1) is 0 Å². The molecule has 0 saturated heterocycles. The SMILES string of the molecule is CC(=O)c1ccc2ncc(-c3cnn(C)c3)nc2n1. The van der Waals surface area contributed by atoms with E-state index in [1.54, 1.807) is 29.2 Å². The van der Waals surface area contributed by atoms with Crippen LogP contribution in [0.25, 0.3) is 22.4 Å². The Morgan fingerprint density at radius 2 is 2.05 bits per heavy atom. The Labute approximate surface area is 109 Å². The summed E-state index contributed by atoms with van der Waals surface area (Å²) in [5.74, 6) is -0.0875. The third-order valence-corrected chi connectivity index (χ3v) is 2.77. The molecule has 0 atom stereocenters. The van der Waals surface area contributed by atoms with E-state index in [-0.39, 0.29) is 5.78 Å². The predicted octanol–water partition coefficient (Wildman–Crippen LogP) is 1.63. The molecule has 0 radical (unpaired) electrons.